The average molecular weight is 686 g/mol. The van der Waals surface area contributed by atoms with Crippen molar-refractivity contribution in [2.45, 2.75) is 77.9 Å². The van der Waals surface area contributed by atoms with Gasteiger partial charge in [-0.05, 0) is 63.4 Å². The molecule has 2 saturated heterocycles. The van der Waals surface area contributed by atoms with Crippen LogP contribution in [-0.4, -0.2) is 132 Å². The Bertz CT molecular complexity index is 1480. The molecule has 268 valence electrons. The SMILES string of the molecule is CC(=O)OCc1nc2c(cc1Cc1ccc(F)cc1)N(C(=O)CN1C[C@@H](C)N(C(=O)O)CC1CN1CCOC[C@H]1COC(C)C)[C@@H](C)CO2. The van der Waals surface area contributed by atoms with Crippen LogP contribution in [0.25, 0.3) is 0 Å². The fourth-order valence-electron chi connectivity index (χ4n) is 6.65. The van der Waals surface area contributed by atoms with Crippen LogP contribution in [0.4, 0.5) is 14.9 Å². The van der Waals surface area contributed by atoms with E-state index in [1.165, 1.54) is 24.0 Å². The smallest absolute Gasteiger partial charge is 0.407 e. The van der Waals surface area contributed by atoms with Gasteiger partial charge in [-0.1, -0.05) is 12.1 Å². The van der Waals surface area contributed by atoms with E-state index in [0.29, 0.717) is 62.8 Å². The third-order valence-corrected chi connectivity index (χ3v) is 9.24. The van der Waals surface area contributed by atoms with Crippen LogP contribution in [0.3, 0.4) is 0 Å². The number of hydrogen-bond donors (Lipinski definition) is 1. The van der Waals surface area contributed by atoms with Gasteiger partial charge in [0.25, 0.3) is 0 Å². The molecule has 3 aliphatic rings. The lowest BCUT2D eigenvalue weighted by Gasteiger charge is -2.47. The van der Waals surface area contributed by atoms with Crippen molar-refractivity contribution < 1.29 is 42.8 Å². The van der Waals surface area contributed by atoms with Gasteiger partial charge in [-0.25, -0.2) is 14.2 Å². The highest BCUT2D eigenvalue weighted by molar-refractivity contribution is 5.97. The summed E-state index contributed by atoms with van der Waals surface area (Å²) in [6.45, 7) is 12.7. The molecule has 0 saturated carbocycles. The van der Waals surface area contributed by atoms with E-state index in [1.54, 1.807) is 17.0 Å². The van der Waals surface area contributed by atoms with Crippen molar-refractivity contribution in [3.63, 3.8) is 0 Å². The number of carboxylic acid groups (broad SMARTS) is 1. The molecule has 5 rings (SSSR count). The van der Waals surface area contributed by atoms with E-state index in [-0.39, 0.29) is 74.2 Å². The van der Waals surface area contributed by atoms with Gasteiger partial charge in [0.05, 0.1) is 50.2 Å². The van der Waals surface area contributed by atoms with Gasteiger partial charge in [0.1, 0.15) is 24.7 Å². The number of halogens is 1. The summed E-state index contributed by atoms with van der Waals surface area (Å²) in [5.41, 5.74) is 2.52. The summed E-state index contributed by atoms with van der Waals surface area (Å²) in [4.78, 5) is 50.5. The van der Waals surface area contributed by atoms with E-state index in [0.717, 1.165) is 5.56 Å². The number of nitrogens with zero attached hydrogens (tertiary/aromatic N) is 5. The van der Waals surface area contributed by atoms with Crippen LogP contribution in [0.15, 0.2) is 30.3 Å². The molecule has 49 heavy (non-hydrogen) atoms. The molecule has 0 spiro atoms. The number of benzene rings is 1. The Kier molecular flexibility index (Phi) is 12.1. The zero-order chi connectivity index (χ0) is 35.2. The van der Waals surface area contributed by atoms with E-state index < -0.39 is 12.1 Å². The molecule has 3 aliphatic heterocycles. The number of aromatic nitrogens is 1. The van der Waals surface area contributed by atoms with Crippen molar-refractivity contribution >= 4 is 23.7 Å². The number of carbonyl (C=O) groups is 3. The molecule has 1 aromatic heterocycles. The summed E-state index contributed by atoms with van der Waals surface area (Å²) >= 11 is 0. The van der Waals surface area contributed by atoms with Crippen LogP contribution < -0.4 is 9.64 Å². The van der Waals surface area contributed by atoms with Gasteiger partial charge in [-0.3, -0.25) is 19.4 Å². The highest BCUT2D eigenvalue weighted by Gasteiger charge is 2.40. The number of esters is 1. The maximum Gasteiger partial charge on any atom is 0.407 e. The molecular formula is C35H48FN5O8. The molecule has 2 fully saturated rings. The number of amides is 2. The number of pyridine rings is 1. The van der Waals surface area contributed by atoms with E-state index in [4.69, 9.17) is 23.9 Å². The number of rotatable bonds is 11. The third kappa shape index (κ3) is 9.24. The number of hydrogen-bond acceptors (Lipinski definition) is 10. The number of anilines is 1. The summed E-state index contributed by atoms with van der Waals surface area (Å²) in [7, 11) is 0. The average Bonchev–Trinajstić information content (AvgIpc) is 3.05. The second-order valence-corrected chi connectivity index (χ2v) is 13.4. The van der Waals surface area contributed by atoms with E-state index in [2.05, 4.69) is 9.80 Å². The van der Waals surface area contributed by atoms with Gasteiger partial charge in [0, 0.05) is 45.2 Å². The molecule has 14 heteroatoms. The van der Waals surface area contributed by atoms with Crippen LogP contribution in [0.5, 0.6) is 5.88 Å². The highest BCUT2D eigenvalue weighted by atomic mass is 19.1. The zero-order valence-corrected chi connectivity index (χ0v) is 29.0. The van der Waals surface area contributed by atoms with Gasteiger partial charge in [-0.15, -0.1) is 0 Å². The lowest BCUT2D eigenvalue weighted by molar-refractivity contribution is -0.142. The first-order valence-electron chi connectivity index (χ1n) is 16.9. The molecule has 0 aliphatic carbocycles. The largest absolute Gasteiger partial charge is 0.474 e. The van der Waals surface area contributed by atoms with Gasteiger partial charge in [0.2, 0.25) is 11.8 Å². The summed E-state index contributed by atoms with van der Waals surface area (Å²) in [5.74, 6) is -0.710. The molecule has 1 N–H and O–H groups in total. The first-order valence-corrected chi connectivity index (χ1v) is 16.9. The Morgan fingerprint density at radius 3 is 2.51 bits per heavy atom. The van der Waals surface area contributed by atoms with Gasteiger partial charge < -0.3 is 33.9 Å². The van der Waals surface area contributed by atoms with Crippen LogP contribution in [0, 0.1) is 5.82 Å². The van der Waals surface area contributed by atoms with Crippen molar-refractivity contribution in [1.29, 1.82) is 0 Å². The molecule has 0 radical (unpaired) electrons. The fraction of sp³-hybridized carbons (Fsp3) is 0.600. The minimum absolute atomic E-state index is 0.0178. The van der Waals surface area contributed by atoms with Crippen molar-refractivity contribution in [3.8, 4) is 5.88 Å². The third-order valence-electron chi connectivity index (χ3n) is 9.24. The second kappa shape index (κ2) is 16.2. The molecule has 2 aromatic rings. The fourth-order valence-corrected chi connectivity index (χ4v) is 6.65. The number of piperazine rings is 1. The van der Waals surface area contributed by atoms with Crippen molar-refractivity contribution in [1.82, 2.24) is 19.7 Å². The Morgan fingerprint density at radius 2 is 1.82 bits per heavy atom. The molecule has 0 bridgehead atoms. The number of carbonyl (C=O) groups excluding carboxylic acids is 2. The summed E-state index contributed by atoms with van der Waals surface area (Å²) < 4.78 is 36.6. The molecule has 2 amide bonds. The number of fused-ring (bicyclic) bond motifs is 1. The van der Waals surface area contributed by atoms with E-state index in [9.17, 15) is 23.9 Å². The van der Waals surface area contributed by atoms with Crippen LogP contribution in [0.2, 0.25) is 0 Å². The van der Waals surface area contributed by atoms with Crippen LogP contribution in [-0.2, 0) is 36.8 Å². The Morgan fingerprint density at radius 1 is 1.06 bits per heavy atom. The predicted molar refractivity (Wildman–Crippen MR) is 178 cm³/mol. The van der Waals surface area contributed by atoms with Crippen LogP contribution >= 0.6 is 0 Å². The van der Waals surface area contributed by atoms with Gasteiger partial charge in [-0.2, -0.15) is 0 Å². The minimum atomic E-state index is -0.981. The molecule has 4 heterocycles. The molecule has 1 aromatic carbocycles. The molecule has 13 nitrogen and oxygen atoms in total. The van der Waals surface area contributed by atoms with E-state index >= 15 is 0 Å². The highest BCUT2D eigenvalue weighted by Crippen LogP contribution is 2.36. The normalized spacial score (nSPS) is 23.2. The lowest BCUT2D eigenvalue weighted by Crippen LogP contribution is -2.64. The summed E-state index contributed by atoms with van der Waals surface area (Å²) in [6, 6.07) is 7.11. The van der Waals surface area contributed by atoms with Crippen LogP contribution in [0.1, 0.15) is 51.4 Å². The predicted octanol–water partition coefficient (Wildman–Crippen LogP) is 3.17. The first kappa shape index (κ1) is 36.4. The number of ether oxygens (including phenoxy) is 4. The number of morpholine rings is 1. The van der Waals surface area contributed by atoms with E-state index in [1.807, 2.05) is 33.8 Å². The monoisotopic (exact) mass is 685 g/mol. The Labute approximate surface area is 286 Å². The quantitative estimate of drug-likeness (QED) is 0.350. The first-order chi connectivity index (χ1) is 23.4. The van der Waals surface area contributed by atoms with Crippen molar-refractivity contribution in [3.05, 3.63) is 53.0 Å². The van der Waals surface area contributed by atoms with Gasteiger partial charge in [0.15, 0.2) is 0 Å². The lowest BCUT2D eigenvalue weighted by atomic mass is 10.0. The second-order valence-electron chi connectivity index (χ2n) is 13.4. The Balaban J connectivity index is 1.41. The summed E-state index contributed by atoms with van der Waals surface area (Å²) in [5, 5.41) is 9.99. The maximum absolute atomic E-state index is 14.4. The van der Waals surface area contributed by atoms with Crippen molar-refractivity contribution in [2.75, 3.05) is 64.1 Å². The standard InChI is InChI=1S/C35H48FN5O8/c1-22(2)47-20-30-19-46-11-10-38(30)15-29-16-40(35(44)45)23(3)14-39(29)17-33(43)41-24(4)18-49-34-32(41)13-27(31(37-34)21-48-25(5)42)12-26-6-8-28(36)9-7-26/h6-9,13,22-24,29-30H,10-12,14-21H2,1-5H3,(H,44,45)/t23-,24+,29?,30+/m1/s1. The summed E-state index contributed by atoms with van der Waals surface area (Å²) in [6.07, 6.45) is -0.547. The minimum Gasteiger partial charge on any atom is -0.474 e. The molecule has 4 atom stereocenters. The molecular weight excluding hydrogens is 637 g/mol. The Hall–Kier alpha value is -3.85. The molecule has 1 unspecified atom stereocenters. The van der Waals surface area contributed by atoms with Gasteiger partial charge >= 0.3 is 12.1 Å². The van der Waals surface area contributed by atoms with Crippen molar-refractivity contribution in [2.24, 2.45) is 0 Å². The maximum atomic E-state index is 14.4. The zero-order valence-electron chi connectivity index (χ0n) is 29.0. The topological polar surface area (TPSA) is 134 Å².